The molecule has 0 atom stereocenters. The van der Waals surface area contributed by atoms with E-state index in [4.69, 9.17) is 5.73 Å². The molecule has 2 heterocycles. The topological polar surface area (TPSA) is 48.0 Å². The van der Waals surface area contributed by atoms with Crippen molar-refractivity contribution in [3.8, 4) is 10.6 Å². The van der Waals surface area contributed by atoms with Gasteiger partial charge in [0.05, 0.1) is 10.6 Å². The summed E-state index contributed by atoms with van der Waals surface area (Å²) in [5.41, 5.74) is 6.81. The summed E-state index contributed by atoms with van der Waals surface area (Å²) in [5, 5.41) is 1.94. The number of rotatable bonds is 0. The minimum absolute atomic E-state index is 0.0842. The third kappa shape index (κ3) is 0.749. The molecule has 2 N–H and O–H groups in total. The molecule has 0 amide bonds. The van der Waals surface area contributed by atoms with Gasteiger partial charge in [-0.2, -0.15) is 0 Å². The maximum Gasteiger partial charge on any atom is 0.275 e. The zero-order chi connectivity index (χ0) is 8.01. The first-order valence-corrected chi connectivity index (χ1v) is 5.25. The van der Waals surface area contributed by atoms with E-state index < -0.39 is 0 Å². The largest absolute Gasteiger partial charge is 0.393 e. The fourth-order valence-electron chi connectivity index (χ4n) is 1.02. The minimum Gasteiger partial charge on any atom is -0.393 e. The molecule has 0 saturated heterocycles. The van der Waals surface area contributed by atoms with Crippen LogP contribution in [0.5, 0.6) is 0 Å². The molecule has 58 valence electrons. The number of hydrogen-bond acceptors (Lipinski definition) is 4. The highest BCUT2D eigenvalue weighted by molar-refractivity contribution is 7.70. The van der Waals surface area contributed by atoms with Crippen LogP contribution in [-0.4, -0.2) is 4.57 Å². The molecule has 0 spiro atoms. The van der Waals surface area contributed by atoms with Gasteiger partial charge in [-0.3, -0.25) is 4.79 Å². The number of aromatic nitrogens is 1. The normalized spacial score (nSPS) is 11.0. The monoisotopic (exact) mass is 186 g/mol. The minimum atomic E-state index is -0.0842. The van der Waals surface area contributed by atoms with Crippen molar-refractivity contribution in [2.75, 3.05) is 5.73 Å². The predicted molar refractivity (Wildman–Crippen MR) is 48.5 cm³/mol. The van der Waals surface area contributed by atoms with E-state index in [1.165, 1.54) is 0 Å². The molecule has 0 unspecified atom stereocenters. The smallest absolute Gasteiger partial charge is 0.275 e. The van der Waals surface area contributed by atoms with E-state index in [1.54, 1.807) is 32.3 Å². The standard InChI is InChI=1S/C6H6N2OS2/c1-8-3-2-10-11-5(3)4(7)6(8)9/h2H,7H2,1H3. The third-order valence-corrected chi connectivity index (χ3v) is 3.75. The van der Waals surface area contributed by atoms with E-state index in [2.05, 4.69) is 0 Å². The van der Waals surface area contributed by atoms with E-state index in [-0.39, 0.29) is 5.56 Å². The van der Waals surface area contributed by atoms with Crippen LogP contribution in [0.3, 0.4) is 0 Å². The van der Waals surface area contributed by atoms with Crippen LogP contribution >= 0.6 is 20.7 Å². The molecule has 0 aromatic heterocycles. The molecule has 0 aliphatic carbocycles. The van der Waals surface area contributed by atoms with Gasteiger partial charge in [-0.05, 0) is 0 Å². The van der Waals surface area contributed by atoms with E-state index in [1.807, 2.05) is 5.38 Å². The Hall–Kier alpha value is -0.810. The van der Waals surface area contributed by atoms with Crippen LogP contribution in [0, 0.1) is 0 Å². The van der Waals surface area contributed by atoms with Gasteiger partial charge in [0.2, 0.25) is 0 Å². The van der Waals surface area contributed by atoms with Crippen LogP contribution in [-0.2, 0) is 7.05 Å². The molecule has 0 radical (unpaired) electrons. The average Bonchev–Trinajstić information content (AvgIpc) is 2.53. The van der Waals surface area contributed by atoms with Crippen LogP contribution in [0.15, 0.2) is 10.2 Å². The van der Waals surface area contributed by atoms with Crippen molar-refractivity contribution in [3.05, 3.63) is 15.7 Å². The van der Waals surface area contributed by atoms with E-state index >= 15 is 0 Å². The van der Waals surface area contributed by atoms with Crippen molar-refractivity contribution in [1.29, 1.82) is 0 Å². The van der Waals surface area contributed by atoms with Gasteiger partial charge in [-0.1, -0.05) is 20.7 Å². The van der Waals surface area contributed by atoms with Crippen molar-refractivity contribution in [2.45, 2.75) is 0 Å². The summed E-state index contributed by atoms with van der Waals surface area (Å²) in [6.07, 6.45) is 0. The Morgan fingerprint density at radius 3 is 3.00 bits per heavy atom. The summed E-state index contributed by atoms with van der Waals surface area (Å²) >= 11 is 0. The number of hydrogen-bond donors (Lipinski definition) is 1. The number of anilines is 1. The lowest BCUT2D eigenvalue weighted by atomic mass is 10.4. The SMILES string of the molecule is Cn1c2cssc-2c(N)c1=O. The molecular weight excluding hydrogens is 180 g/mol. The van der Waals surface area contributed by atoms with Crippen molar-refractivity contribution in [3.63, 3.8) is 0 Å². The lowest BCUT2D eigenvalue weighted by Gasteiger charge is -1.88. The van der Waals surface area contributed by atoms with Crippen molar-refractivity contribution >= 4 is 26.4 Å². The predicted octanol–water partition coefficient (Wildman–Crippen LogP) is 1.20. The van der Waals surface area contributed by atoms with Gasteiger partial charge in [0.1, 0.15) is 5.69 Å². The molecule has 0 bridgehead atoms. The molecule has 0 aromatic rings. The highest BCUT2D eigenvalue weighted by Crippen LogP contribution is 2.34. The summed E-state index contributed by atoms with van der Waals surface area (Å²) in [7, 11) is 4.88. The Morgan fingerprint density at radius 2 is 2.36 bits per heavy atom. The first-order valence-electron chi connectivity index (χ1n) is 3.03. The van der Waals surface area contributed by atoms with Crippen LogP contribution in [0.25, 0.3) is 10.6 Å². The Kier molecular flexibility index (Phi) is 1.30. The van der Waals surface area contributed by atoms with Crippen molar-refractivity contribution in [1.82, 2.24) is 4.57 Å². The number of nitrogens with zero attached hydrogens (tertiary/aromatic N) is 1. The highest BCUT2D eigenvalue weighted by Gasteiger charge is 2.17. The second-order valence-electron chi connectivity index (χ2n) is 2.29. The average molecular weight is 186 g/mol. The van der Waals surface area contributed by atoms with Gasteiger partial charge in [0.25, 0.3) is 5.56 Å². The molecule has 11 heavy (non-hydrogen) atoms. The van der Waals surface area contributed by atoms with Gasteiger partial charge in [0, 0.05) is 12.4 Å². The summed E-state index contributed by atoms with van der Waals surface area (Å²) < 4.78 is 1.58. The highest BCUT2D eigenvalue weighted by atomic mass is 32.9. The van der Waals surface area contributed by atoms with Crippen LogP contribution in [0.2, 0.25) is 0 Å². The fraction of sp³-hybridized carbons (Fsp3) is 0.167. The Balaban J connectivity index is 2.97. The molecule has 0 saturated carbocycles. The molecule has 5 heteroatoms. The van der Waals surface area contributed by atoms with E-state index in [0.717, 1.165) is 10.6 Å². The van der Waals surface area contributed by atoms with Gasteiger partial charge in [0.15, 0.2) is 0 Å². The Morgan fingerprint density at radius 1 is 1.64 bits per heavy atom. The molecule has 0 aromatic carbocycles. The lowest BCUT2D eigenvalue weighted by molar-refractivity contribution is 0.902. The summed E-state index contributed by atoms with van der Waals surface area (Å²) in [6.45, 7) is 0. The Bertz CT molecular complexity index is 376. The summed E-state index contributed by atoms with van der Waals surface area (Å²) in [4.78, 5) is 12.1. The van der Waals surface area contributed by atoms with Crippen molar-refractivity contribution < 1.29 is 0 Å². The second kappa shape index (κ2) is 2.09. The maximum atomic E-state index is 11.2. The molecular formula is C6H6N2OS2. The number of fused-ring (bicyclic) bond motifs is 1. The fourth-order valence-corrected chi connectivity index (χ4v) is 3.29. The molecule has 2 aliphatic heterocycles. The van der Waals surface area contributed by atoms with Crippen LogP contribution in [0.4, 0.5) is 5.69 Å². The van der Waals surface area contributed by atoms with Crippen LogP contribution < -0.4 is 11.3 Å². The Labute approximate surface area is 70.4 Å². The summed E-state index contributed by atoms with van der Waals surface area (Å²) in [6, 6.07) is 0. The molecule has 2 aliphatic rings. The third-order valence-electron chi connectivity index (χ3n) is 1.66. The van der Waals surface area contributed by atoms with E-state index in [0.29, 0.717) is 5.69 Å². The summed E-state index contributed by atoms with van der Waals surface area (Å²) in [5.74, 6) is 0. The lowest BCUT2D eigenvalue weighted by Crippen LogP contribution is -2.12. The maximum absolute atomic E-state index is 11.2. The van der Waals surface area contributed by atoms with E-state index in [9.17, 15) is 4.79 Å². The molecule has 3 nitrogen and oxygen atoms in total. The second-order valence-corrected chi connectivity index (χ2v) is 4.37. The van der Waals surface area contributed by atoms with Gasteiger partial charge in [-0.25, -0.2) is 0 Å². The van der Waals surface area contributed by atoms with Gasteiger partial charge < -0.3 is 10.3 Å². The quantitative estimate of drug-likeness (QED) is 0.628. The number of nitrogen functional groups attached to an aromatic ring is 1. The van der Waals surface area contributed by atoms with Crippen LogP contribution in [0.1, 0.15) is 0 Å². The van der Waals surface area contributed by atoms with Crippen molar-refractivity contribution in [2.24, 2.45) is 7.05 Å². The zero-order valence-corrected chi connectivity index (χ0v) is 7.46. The first-order chi connectivity index (χ1) is 5.22. The molecule has 0 fully saturated rings. The first kappa shape index (κ1) is 6.87. The van der Waals surface area contributed by atoms with Gasteiger partial charge in [-0.15, -0.1) is 0 Å². The number of nitrogens with two attached hydrogens (primary N) is 1. The zero-order valence-electron chi connectivity index (χ0n) is 5.83. The molecule has 2 rings (SSSR count). The van der Waals surface area contributed by atoms with Gasteiger partial charge >= 0.3 is 0 Å².